The molecule has 1 aliphatic rings. The second-order valence-corrected chi connectivity index (χ2v) is 11.2. The Morgan fingerprint density at radius 1 is 1.23 bits per heavy atom. The lowest BCUT2D eigenvalue weighted by atomic mass is 9.86. The summed E-state index contributed by atoms with van der Waals surface area (Å²) < 4.78 is 10.4. The van der Waals surface area contributed by atoms with Crippen LogP contribution in [-0.4, -0.2) is 48.2 Å². The molecule has 9 heteroatoms. The van der Waals surface area contributed by atoms with Gasteiger partial charge in [-0.15, -0.1) is 0 Å². The van der Waals surface area contributed by atoms with Gasteiger partial charge >= 0.3 is 5.97 Å². The molecule has 8 nitrogen and oxygen atoms in total. The number of methoxy groups -OCH3 is 1. The third-order valence-electron chi connectivity index (χ3n) is 5.88. The van der Waals surface area contributed by atoms with Crippen LogP contribution in [-0.2, 0) is 23.9 Å². The van der Waals surface area contributed by atoms with Gasteiger partial charge in [0.1, 0.15) is 12.1 Å². The zero-order valence-corrected chi connectivity index (χ0v) is 24.7. The number of allylic oxidation sites excluding steroid dienone is 5. The first kappa shape index (κ1) is 33.9. The van der Waals surface area contributed by atoms with Crippen molar-refractivity contribution in [1.82, 2.24) is 10.6 Å². The van der Waals surface area contributed by atoms with Gasteiger partial charge in [0, 0.05) is 23.4 Å². The fraction of sp³-hybridized carbons (Fsp3) is 0.500. The summed E-state index contributed by atoms with van der Waals surface area (Å²) in [5.74, 6) is -0.991. The lowest BCUT2D eigenvalue weighted by molar-refractivity contribution is -0.151. The van der Waals surface area contributed by atoms with Crippen LogP contribution in [0.4, 0.5) is 0 Å². The molecule has 4 atom stereocenters. The van der Waals surface area contributed by atoms with Crippen molar-refractivity contribution in [1.29, 1.82) is 0 Å². The minimum atomic E-state index is -0.775. The highest BCUT2D eigenvalue weighted by atomic mass is 35.5. The third-order valence-corrected chi connectivity index (χ3v) is 6.04. The lowest BCUT2D eigenvalue weighted by Gasteiger charge is -2.29. The minimum absolute atomic E-state index is 0.00409. The quantitative estimate of drug-likeness (QED) is 0.166. The predicted molar refractivity (Wildman–Crippen MR) is 154 cm³/mol. The van der Waals surface area contributed by atoms with Crippen LogP contribution in [0.1, 0.15) is 60.8 Å². The monoisotopic (exact) mass is 562 g/mol. The Balaban J connectivity index is 2.64. The number of nitrogens with one attached hydrogen (secondary N) is 2. The Morgan fingerprint density at radius 3 is 2.49 bits per heavy atom. The molecule has 2 amide bonds. The summed E-state index contributed by atoms with van der Waals surface area (Å²) >= 11 is 5.77. The second-order valence-electron chi connectivity index (χ2n) is 10.6. The van der Waals surface area contributed by atoms with Gasteiger partial charge in [-0.05, 0) is 44.4 Å². The molecule has 0 bridgehead atoms. The van der Waals surface area contributed by atoms with Crippen molar-refractivity contribution in [3.05, 3.63) is 71.2 Å². The standard InChI is InChI=1S/C30H43ClN2O6/c1-20(19-21(2)24-16-17-25(38-7)29(37)39-24)11-8-9-13-26(35)33-27(30(4,5)6)28(36)32-18-10-12-23(34)15-14-22(3)31/h8-11,13-14,17-19,21,23-24,27,34H,12,15-16H2,1-7H3,(H,32,36)(H,33,35)/b11-8-,13-9+,18-10-,20-19+,22-14+/t21-,23+,24?,27+/m0/s1. The highest BCUT2D eigenvalue weighted by Crippen LogP contribution is 2.23. The fourth-order valence-electron chi connectivity index (χ4n) is 3.68. The van der Waals surface area contributed by atoms with E-state index in [-0.39, 0.29) is 23.7 Å². The average molecular weight is 563 g/mol. The van der Waals surface area contributed by atoms with Crippen molar-refractivity contribution < 1.29 is 29.0 Å². The smallest absolute Gasteiger partial charge is 0.373 e. The van der Waals surface area contributed by atoms with Crippen molar-refractivity contribution >= 4 is 29.4 Å². The number of hydrogen-bond donors (Lipinski definition) is 3. The third kappa shape index (κ3) is 13.5. The minimum Gasteiger partial charge on any atom is -0.490 e. The molecule has 0 fully saturated rings. The van der Waals surface area contributed by atoms with E-state index in [2.05, 4.69) is 10.6 Å². The van der Waals surface area contributed by atoms with Crippen molar-refractivity contribution in [2.75, 3.05) is 7.11 Å². The van der Waals surface area contributed by atoms with E-state index >= 15 is 0 Å². The molecular weight excluding hydrogens is 520 g/mol. The van der Waals surface area contributed by atoms with Crippen LogP contribution in [0.15, 0.2) is 71.2 Å². The van der Waals surface area contributed by atoms with Crippen LogP contribution < -0.4 is 10.6 Å². The second kappa shape index (κ2) is 16.8. The molecule has 0 saturated carbocycles. The molecule has 1 unspecified atom stereocenters. The summed E-state index contributed by atoms with van der Waals surface area (Å²) in [7, 11) is 1.44. The van der Waals surface area contributed by atoms with Gasteiger partial charge in [0.2, 0.25) is 11.8 Å². The number of carbonyl (C=O) groups excluding carboxylic acids is 3. The summed E-state index contributed by atoms with van der Waals surface area (Å²) in [5, 5.41) is 16.0. The Hall–Kier alpha value is -3.10. The number of aliphatic hydroxyl groups excluding tert-OH is 1. The Bertz CT molecular complexity index is 1030. The Labute approximate surface area is 237 Å². The van der Waals surface area contributed by atoms with E-state index in [0.717, 1.165) is 5.57 Å². The van der Waals surface area contributed by atoms with Crippen molar-refractivity contribution in [2.45, 2.75) is 79.1 Å². The summed E-state index contributed by atoms with van der Waals surface area (Å²) in [6, 6.07) is -0.775. The van der Waals surface area contributed by atoms with E-state index in [0.29, 0.717) is 24.3 Å². The van der Waals surface area contributed by atoms with E-state index in [1.807, 2.05) is 46.8 Å². The normalized spacial score (nSPS) is 19.6. The first-order valence-electron chi connectivity index (χ1n) is 13.0. The number of halogens is 1. The molecule has 1 heterocycles. The fourth-order valence-corrected chi connectivity index (χ4v) is 3.77. The summed E-state index contributed by atoms with van der Waals surface area (Å²) in [6.45, 7) is 11.2. The molecule has 216 valence electrons. The zero-order valence-electron chi connectivity index (χ0n) is 24.0. The summed E-state index contributed by atoms with van der Waals surface area (Å²) in [4.78, 5) is 37.1. The van der Waals surface area contributed by atoms with Gasteiger partial charge in [0.15, 0.2) is 5.76 Å². The first-order valence-corrected chi connectivity index (χ1v) is 13.4. The van der Waals surface area contributed by atoms with Gasteiger partial charge in [-0.25, -0.2) is 4.79 Å². The number of ether oxygens (including phenoxy) is 2. The predicted octanol–water partition coefficient (Wildman–Crippen LogP) is 4.97. The number of carbonyl (C=O) groups is 3. The molecule has 3 N–H and O–H groups in total. The Morgan fingerprint density at radius 2 is 1.90 bits per heavy atom. The number of amides is 2. The van der Waals surface area contributed by atoms with E-state index < -0.39 is 29.4 Å². The van der Waals surface area contributed by atoms with Crippen LogP contribution in [0.5, 0.6) is 0 Å². The molecule has 0 saturated heterocycles. The molecule has 0 spiro atoms. The van der Waals surface area contributed by atoms with Gasteiger partial charge in [-0.2, -0.15) is 0 Å². The molecule has 0 aliphatic carbocycles. The van der Waals surface area contributed by atoms with Gasteiger partial charge in [-0.3, -0.25) is 9.59 Å². The number of rotatable bonds is 13. The molecule has 0 radical (unpaired) electrons. The topological polar surface area (TPSA) is 114 Å². The van der Waals surface area contributed by atoms with E-state index in [1.54, 1.807) is 37.3 Å². The Kier molecular flexibility index (Phi) is 14.6. The van der Waals surface area contributed by atoms with Crippen LogP contribution in [0, 0.1) is 11.3 Å². The van der Waals surface area contributed by atoms with Crippen molar-refractivity contribution in [3.8, 4) is 0 Å². The molecule has 1 rings (SSSR count). The molecule has 0 aromatic rings. The largest absolute Gasteiger partial charge is 0.490 e. The SMILES string of the molecule is COC1=CCC([C@@H](C)/C=C(C)/C=C\C=C\C(=O)N[C@H](C(=O)N/C=C\C[C@@H](O)C/C=C(\C)Cl)C(C)(C)C)OC1=O. The van der Waals surface area contributed by atoms with Gasteiger partial charge in [0.25, 0.3) is 0 Å². The highest BCUT2D eigenvalue weighted by Gasteiger charge is 2.32. The highest BCUT2D eigenvalue weighted by molar-refractivity contribution is 6.29. The van der Waals surface area contributed by atoms with Crippen molar-refractivity contribution in [3.63, 3.8) is 0 Å². The lowest BCUT2D eigenvalue weighted by Crippen LogP contribution is -2.52. The number of hydrogen-bond acceptors (Lipinski definition) is 6. The van der Waals surface area contributed by atoms with Crippen LogP contribution in [0.25, 0.3) is 0 Å². The number of esters is 1. The maximum atomic E-state index is 12.7. The first-order chi connectivity index (χ1) is 18.2. The van der Waals surface area contributed by atoms with Crippen LogP contribution >= 0.6 is 11.6 Å². The van der Waals surface area contributed by atoms with Crippen LogP contribution in [0.2, 0.25) is 0 Å². The van der Waals surface area contributed by atoms with Crippen LogP contribution in [0.3, 0.4) is 0 Å². The van der Waals surface area contributed by atoms with Gasteiger partial charge in [-0.1, -0.05) is 81.3 Å². The molecule has 39 heavy (non-hydrogen) atoms. The van der Waals surface area contributed by atoms with Crippen molar-refractivity contribution in [2.24, 2.45) is 11.3 Å². The number of cyclic esters (lactones) is 1. The molecule has 1 aliphatic heterocycles. The molecular formula is C30H43ClN2O6. The van der Waals surface area contributed by atoms with E-state index in [4.69, 9.17) is 21.1 Å². The van der Waals surface area contributed by atoms with Gasteiger partial charge in [0.05, 0.1) is 13.2 Å². The maximum Gasteiger partial charge on any atom is 0.373 e. The van der Waals surface area contributed by atoms with E-state index in [1.165, 1.54) is 19.4 Å². The average Bonchev–Trinajstić information content (AvgIpc) is 2.85. The maximum absolute atomic E-state index is 12.7. The molecule has 0 aromatic carbocycles. The number of aliphatic hydroxyl groups is 1. The molecule has 0 aromatic heterocycles. The zero-order chi connectivity index (χ0) is 29.6. The van der Waals surface area contributed by atoms with E-state index in [9.17, 15) is 19.5 Å². The summed E-state index contributed by atoms with van der Waals surface area (Å²) in [6.07, 6.45) is 15.6. The van der Waals surface area contributed by atoms with Gasteiger partial charge < -0.3 is 25.2 Å². The summed E-state index contributed by atoms with van der Waals surface area (Å²) in [5.41, 5.74) is 0.416.